The smallest absolute Gasteiger partial charge is 0.271 e. The van der Waals surface area contributed by atoms with Crippen molar-refractivity contribution in [1.82, 2.24) is 5.43 Å². The molecule has 7 nitrogen and oxygen atoms in total. The van der Waals surface area contributed by atoms with E-state index >= 15 is 0 Å². The highest BCUT2D eigenvalue weighted by atomic mass is 16.7. The first-order chi connectivity index (χ1) is 11.7. The molecule has 7 heteroatoms. The molecule has 1 aliphatic rings. The number of carbonyl (C=O) groups is 1. The van der Waals surface area contributed by atoms with Gasteiger partial charge in [0.2, 0.25) is 6.79 Å². The fraction of sp³-hybridized carbons (Fsp3) is 0.176. The van der Waals surface area contributed by atoms with Gasteiger partial charge >= 0.3 is 0 Å². The Morgan fingerprint density at radius 1 is 1.29 bits per heavy atom. The van der Waals surface area contributed by atoms with Crippen LogP contribution in [0.2, 0.25) is 0 Å². The lowest BCUT2D eigenvalue weighted by atomic mass is 10.2. The summed E-state index contributed by atoms with van der Waals surface area (Å²) in [6, 6.07) is 9.71. The van der Waals surface area contributed by atoms with E-state index in [0.717, 1.165) is 0 Å². The van der Waals surface area contributed by atoms with Crippen LogP contribution in [0.3, 0.4) is 0 Å². The van der Waals surface area contributed by atoms with Gasteiger partial charge in [-0.2, -0.15) is 5.10 Å². The van der Waals surface area contributed by atoms with E-state index in [4.69, 9.17) is 14.2 Å². The van der Waals surface area contributed by atoms with E-state index in [1.807, 2.05) is 6.92 Å². The minimum Gasteiger partial charge on any atom is -0.504 e. The molecule has 0 atom stereocenters. The van der Waals surface area contributed by atoms with Crippen molar-refractivity contribution in [3.05, 3.63) is 47.5 Å². The number of benzene rings is 2. The zero-order valence-corrected chi connectivity index (χ0v) is 13.0. The summed E-state index contributed by atoms with van der Waals surface area (Å²) in [5.74, 6) is 1.20. The molecule has 2 aromatic carbocycles. The Hall–Kier alpha value is -3.22. The molecular formula is C17H16N2O5. The molecule has 0 spiro atoms. The third-order valence-electron chi connectivity index (χ3n) is 3.30. The highest BCUT2D eigenvalue weighted by Gasteiger charge is 2.15. The SMILES string of the molecule is CCOc1cc(C=NNC(=O)c2ccc3c(c2)OCO3)ccc1O. The molecule has 0 unspecified atom stereocenters. The number of fused-ring (bicyclic) bond motifs is 1. The van der Waals surface area contributed by atoms with Gasteiger partial charge in [-0.15, -0.1) is 0 Å². The summed E-state index contributed by atoms with van der Waals surface area (Å²) < 4.78 is 15.7. The lowest BCUT2D eigenvalue weighted by Crippen LogP contribution is -2.17. The van der Waals surface area contributed by atoms with Crippen LogP contribution in [0.25, 0.3) is 0 Å². The lowest BCUT2D eigenvalue weighted by Gasteiger charge is -2.06. The molecule has 0 saturated carbocycles. The van der Waals surface area contributed by atoms with Crippen molar-refractivity contribution in [2.75, 3.05) is 13.4 Å². The van der Waals surface area contributed by atoms with Gasteiger partial charge in [-0.1, -0.05) is 0 Å². The van der Waals surface area contributed by atoms with Crippen LogP contribution >= 0.6 is 0 Å². The summed E-state index contributed by atoms with van der Waals surface area (Å²) in [6.07, 6.45) is 1.47. The van der Waals surface area contributed by atoms with E-state index in [0.29, 0.717) is 35.0 Å². The Bertz CT molecular complexity index is 789. The van der Waals surface area contributed by atoms with Gasteiger partial charge in [0.05, 0.1) is 12.8 Å². The van der Waals surface area contributed by atoms with Crippen molar-refractivity contribution < 1.29 is 24.1 Å². The minimum absolute atomic E-state index is 0.0541. The van der Waals surface area contributed by atoms with Gasteiger partial charge in [-0.05, 0) is 48.9 Å². The molecule has 0 aliphatic carbocycles. The van der Waals surface area contributed by atoms with Gasteiger partial charge in [0, 0.05) is 5.56 Å². The van der Waals surface area contributed by atoms with Crippen LogP contribution in [0.5, 0.6) is 23.0 Å². The first kappa shape index (κ1) is 15.7. The number of phenols is 1. The summed E-state index contributed by atoms with van der Waals surface area (Å²) in [5.41, 5.74) is 3.53. The number of ether oxygens (including phenoxy) is 3. The van der Waals surface area contributed by atoms with Crippen LogP contribution in [0.1, 0.15) is 22.8 Å². The van der Waals surface area contributed by atoms with Crippen molar-refractivity contribution in [2.45, 2.75) is 6.92 Å². The summed E-state index contributed by atoms with van der Waals surface area (Å²) in [6.45, 7) is 2.42. The Balaban J connectivity index is 1.65. The molecule has 2 aromatic rings. The van der Waals surface area contributed by atoms with Gasteiger partial charge in [0.1, 0.15) is 0 Å². The Labute approximate surface area is 138 Å². The first-order valence-electron chi connectivity index (χ1n) is 7.36. The summed E-state index contributed by atoms with van der Waals surface area (Å²) in [5, 5.41) is 13.6. The van der Waals surface area contributed by atoms with E-state index in [2.05, 4.69) is 10.5 Å². The topological polar surface area (TPSA) is 89.4 Å². The van der Waals surface area contributed by atoms with Crippen LogP contribution in [0, 0.1) is 0 Å². The van der Waals surface area contributed by atoms with E-state index in [-0.39, 0.29) is 18.4 Å². The second-order valence-electron chi connectivity index (χ2n) is 4.93. The second kappa shape index (κ2) is 6.91. The fourth-order valence-corrected chi connectivity index (χ4v) is 2.15. The van der Waals surface area contributed by atoms with E-state index in [1.54, 1.807) is 30.3 Å². The quantitative estimate of drug-likeness (QED) is 0.649. The number of hydrazone groups is 1. The number of hydrogen-bond acceptors (Lipinski definition) is 6. The predicted molar refractivity (Wildman–Crippen MR) is 86.9 cm³/mol. The zero-order chi connectivity index (χ0) is 16.9. The molecule has 0 fully saturated rings. The molecule has 2 N–H and O–H groups in total. The van der Waals surface area contributed by atoms with Crippen molar-refractivity contribution in [2.24, 2.45) is 5.10 Å². The molecule has 124 valence electrons. The average molecular weight is 328 g/mol. The minimum atomic E-state index is -0.367. The number of aromatic hydroxyl groups is 1. The zero-order valence-electron chi connectivity index (χ0n) is 13.0. The summed E-state index contributed by atoms with van der Waals surface area (Å²) in [4.78, 5) is 12.1. The molecule has 24 heavy (non-hydrogen) atoms. The predicted octanol–water partition coefficient (Wildman–Crippen LogP) is 2.28. The lowest BCUT2D eigenvalue weighted by molar-refractivity contribution is 0.0954. The molecule has 0 aromatic heterocycles. The monoisotopic (exact) mass is 328 g/mol. The number of rotatable bonds is 5. The van der Waals surface area contributed by atoms with Crippen LogP contribution in [0.4, 0.5) is 0 Å². The Morgan fingerprint density at radius 2 is 2.12 bits per heavy atom. The van der Waals surface area contributed by atoms with Crippen LogP contribution in [-0.2, 0) is 0 Å². The number of carbonyl (C=O) groups excluding carboxylic acids is 1. The third kappa shape index (κ3) is 3.40. The highest BCUT2D eigenvalue weighted by molar-refractivity contribution is 5.95. The molecule has 0 saturated heterocycles. The number of nitrogens with one attached hydrogen (secondary N) is 1. The molecule has 1 aliphatic heterocycles. The van der Waals surface area contributed by atoms with Crippen molar-refractivity contribution in [3.63, 3.8) is 0 Å². The van der Waals surface area contributed by atoms with Crippen molar-refractivity contribution in [1.29, 1.82) is 0 Å². The standard InChI is InChI=1S/C17H16N2O5/c1-2-22-15-7-11(3-5-13(15)20)9-18-19-17(21)12-4-6-14-16(8-12)24-10-23-14/h3-9,20H,2,10H2,1H3,(H,19,21). The van der Waals surface area contributed by atoms with Crippen molar-refractivity contribution >= 4 is 12.1 Å². The Kier molecular flexibility index (Phi) is 4.51. The maximum atomic E-state index is 12.1. The molecule has 0 radical (unpaired) electrons. The van der Waals surface area contributed by atoms with Crippen LogP contribution in [0.15, 0.2) is 41.5 Å². The van der Waals surface area contributed by atoms with Gasteiger partial charge < -0.3 is 19.3 Å². The molecule has 0 bridgehead atoms. The van der Waals surface area contributed by atoms with Gasteiger partial charge in [0.25, 0.3) is 5.91 Å². The van der Waals surface area contributed by atoms with E-state index in [9.17, 15) is 9.90 Å². The van der Waals surface area contributed by atoms with E-state index < -0.39 is 0 Å². The Morgan fingerprint density at radius 3 is 2.96 bits per heavy atom. The van der Waals surface area contributed by atoms with Crippen LogP contribution in [-0.4, -0.2) is 30.6 Å². The number of nitrogens with zero attached hydrogens (tertiary/aromatic N) is 1. The van der Waals surface area contributed by atoms with Gasteiger partial charge in [-0.25, -0.2) is 5.43 Å². The van der Waals surface area contributed by atoms with Gasteiger partial charge in [-0.3, -0.25) is 4.79 Å². The molecule has 1 heterocycles. The molecule has 1 amide bonds. The maximum Gasteiger partial charge on any atom is 0.271 e. The summed E-state index contributed by atoms with van der Waals surface area (Å²) in [7, 11) is 0. The fourth-order valence-electron chi connectivity index (χ4n) is 2.15. The van der Waals surface area contributed by atoms with Crippen molar-refractivity contribution in [3.8, 4) is 23.0 Å². The van der Waals surface area contributed by atoms with Crippen LogP contribution < -0.4 is 19.6 Å². The first-order valence-corrected chi connectivity index (χ1v) is 7.36. The number of amides is 1. The van der Waals surface area contributed by atoms with E-state index in [1.165, 1.54) is 12.3 Å². The highest BCUT2D eigenvalue weighted by Crippen LogP contribution is 2.32. The molecular weight excluding hydrogens is 312 g/mol. The number of hydrogen-bond donors (Lipinski definition) is 2. The maximum absolute atomic E-state index is 12.1. The summed E-state index contributed by atoms with van der Waals surface area (Å²) >= 11 is 0. The van der Waals surface area contributed by atoms with Gasteiger partial charge in [0.15, 0.2) is 23.0 Å². The number of phenolic OH excluding ortho intramolecular Hbond substituents is 1. The normalized spacial score (nSPS) is 12.4. The third-order valence-corrected chi connectivity index (χ3v) is 3.30. The largest absolute Gasteiger partial charge is 0.504 e. The second-order valence-corrected chi connectivity index (χ2v) is 4.93. The molecule has 3 rings (SSSR count). The average Bonchev–Trinajstić information content (AvgIpc) is 3.05.